The summed E-state index contributed by atoms with van der Waals surface area (Å²) in [7, 11) is 0. The standard InChI is InChI=1S/C23H27N5O3/c1-16-3-4-17(2)20(13-16)28-22(29)6-5-19(26-28)23(30)25-15-18-7-8-24-21(14-18)27-9-11-31-12-10-27/h3-4,7-8,13-14H,5-6,9-12,15H2,1-2H3,(H,25,30). The van der Waals surface area contributed by atoms with Gasteiger partial charge in [-0.1, -0.05) is 12.1 Å². The maximum absolute atomic E-state index is 12.8. The number of anilines is 2. The van der Waals surface area contributed by atoms with Gasteiger partial charge in [0, 0.05) is 38.7 Å². The molecule has 1 fully saturated rings. The number of nitrogens with one attached hydrogen (secondary N) is 1. The van der Waals surface area contributed by atoms with Gasteiger partial charge < -0.3 is 15.0 Å². The molecule has 4 rings (SSSR count). The average Bonchev–Trinajstić information content (AvgIpc) is 2.80. The smallest absolute Gasteiger partial charge is 0.267 e. The van der Waals surface area contributed by atoms with E-state index < -0.39 is 0 Å². The maximum Gasteiger partial charge on any atom is 0.267 e. The molecule has 0 radical (unpaired) electrons. The van der Waals surface area contributed by atoms with E-state index in [1.165, 1.54) is 5.01 Å². The van der Waals surface area contributed by atoms with E-state index >= 15 is 0 Å². The summed E-state index contributed by atoms with van der Waals surface area (Å²) in [6.07, 6.45) is 2.35. The summed E-state index contributed by atoms with van der Waals surface area (Å²) < 4.78 is 5.39. The van der Waals surface area contributed by atoms with Crippen molar-refractivity contribution in [1.29, 1.82) is 0 Å². The highest BCUT2D eigenvalue weighted by Gasteiger charge is 2.26. The monoisotopic (exact) mass is 421 g/mol. The van der Waals surface area contributed by atoms with Crippen LogP contribution in [0.1, 0.15) is 29.5 Å². The van der Waals surface area contributed by atoms with Crippen LogP contribution in [0.2, 0.25) is 0 Å². The van der Waals surface area contributed by atoms with Gasteiger partial charge in [-0.25, -0.2) is 9.99 Å². The Morgan fingerprint density at radius 1 is 1.13 bits per heavy atom. The quantitative estimate of drug-likeness (QED) is 0.801. The Balaban J connectivity index is 1.45. The number of benzene rings is 1. The van der Waals surface area contributed by atoms with Crippen LogP contribution < -0.4 is 15.2 Å². The molecule has 1 saturated heterocycles. The van der Waals surface area contributed by atoms with Crippen molar-refractivity contribution < 1.29 is 14.3 Å². The fourth-order valence-electron chi connectivity index (χ4n) is 3.67. The van der Waals surface area contributed by atoms with Crippen LogP contribution in [0, 0.1) is 13.8 Å². The molecule has 8 nitrogen and oxygen atoms in total. The lowest BCUT2D eigenvalue weighted by Crippen LogP contribution is -2.39. The van der Waals surface area contributed by atoms with Gasteiger partial charge in [0.15, 0.2) is 0 Å². The van der Waals surface area contributed by atoms with Crippen molar-refractivity contribution in [1.82, 2.24) is 10.3 Å². The number of morpholine rings is 1. The second-order valence-electron chi connectivity index (χ2n) is 7.85. The number of pyridine rings is 1. The van der Waals surface area contributed by atoms with Gasteiger partial charge in [0.2, 0.25) is 5.91 Å². The molecule has 0 atom stereocenters. The third-order valence-corrected chi connectivity index (χ3v) is 5.49. The van der Waals surface area contributed by atoms with Crippen LogP contribution in [-0.2, 0) is 20.9 Å². The minimum atomic E-state index is -0.257. The molecular weight excluding hydrogens is 394 g/mol. The van der Waals surface area contributed by atoms with Gasteiger partial charge in [0.05, 0.1) is 18.9 Å². The number of hydrogen-bond donors (Lipinski definition) is 1. The predicted molar refractivity (Wildman–Crippen MR) is 119 cm³/mol. The van der Waals surface area contributed by atoms with Gasteiger partial charge in [-0.2, -0.15) is 5.10 Å². The van der Waals surface area contributed by atoms with E-state index in [9.17, 15) is 9.59 Å². The molecule has 1 N–H and O–H groups in total. The highest BCUT2D eigenvalue weighted by atomic mass is 16.5. The van der Waals surface area contributed by atoms with Crippen LogP contribution in [0.3, 0.4) is 0 Å². The first-order valence-electron chi connectivity index (χ1n) is 10.5. The van der Waals surface area contributed by atoms with Crippen molar-refractivity contribution in [3.05, 3.63) is 53.2 Å². The fraction of sp³-hybridized carbons (Fsp3) is 0.391. The summed E-state index contributed by atoms with van der Waals surface area (Å²) >= 11 is 0. The molecule has 3 heterocycles. The lowest BCUT2D eigenvalue weighted by atomic mass is 10.1. The summed E-state index contributed by atoms with van der Waals surface area (Å²) in [5.74, 6) is 0.527. The summed E-state index contributed by atoms with van der Waals surface area (Å²) in [6, 6.07) is 9.74. The number of nitrogens with zero attached hydrogens (tertiary/aromatic N) is 4. The van der Waals surface area contributed by atoms with Crippen LogP contribution in [0.25, 0.3) is 0 Å². The van der Waals surface area contributed by atoms with Crippen molar-refractivity contribution in [3.63, 3.8) is 0 Å². The lowest BCUT2D eigenvalue weighted by molar-refractivity contribution is -0.119. The van der Waals surface area contributed by atoms with Gasteiger partial charge in [-0.3, -0.25) is 9.59 Å². The largest absolute Gasteiger partial charge is 0.378 e. The zero-order valence-corrected chi connectivity index (χ0v) is 17.9. The number of aromatic nitrogens is 1. The molecule has 2 aliphatic heterocycles. The Morgan fingerprint density at radius 3 is 2.74 bits per heavy atom. The molecule has 0 saturated carbocycles. The van der Waals surface area contributed by atoms with E-state index in [-0.39, 0.29) is 18.2 Å². The molecule has 0 unspecified atom stereocenters. The number of rotatable bonds is 5. The Hall–Kier alpha value is -3.26. The minimum Gasteiger partial charge on any atom is -0.378 e. The number of hydrogen-bond acceptors (Lipinski definition) is 6. The number of amides is 2. The van der Waals surface area contributed by atoms with Crippen molar-refractivity contribution in [2.45, 2.75) is 33.2 Å². The summed E-state index contributed by atoms with van der Waals surface area (Å²) in [6.45, 7) is 7.27. The molecule has 31 heavy (non-hydrogen) atoms. The molecule has 2 amide bonds. The molecule has 0 aliphatic carbocycles. The molecule has 0 spiro atoms. The van der Waals surface area contributed by atoms with Crippen LogP contribution in [-0.4, -0.2) is 48.8 Å². The third-order valence-electron chi connectivity index (χ3n) is 5.49. The second-order valence-corrected chi connectivity index (χ2v) is 7.85. The lowest BCUT2D eigenvalue weighted by Gasteiger charge is -2.28. The fourth-order valence-corrected chi connectivity index (χ4v) is 3.67. The first-order chi connectivity index (χ1) is 15.0. The van der Waals surface area contributed by atoms with E-state index in [1.54, 1.807) is 6.20 Å². The Labute approximate surface area is 181 Å². The Bertz CT molecular complexity index is 1010. The van der Waals surface area contributed by atoms with E-state index in [4.69, 9.17) is 4.74 Å². The van der Waals surface area contributed by atoms with E-state index in [0.717, 1.165) is 41.3 Å². The van der Waals surface area contributed by atoms with Gasteiger partial charge in [-0.05, 0) is 48.7 Å². The van der Waals surface area contributed by atoms with Crippen molar-refractivity contribution >= 4 is 29.0 Å². The minimum absolute atomic E-state index is 0.102. The maximum atomic E-state index is 12.8. The van der Waals surface area contributed by atoms with Crippen LogP contribution in [0.4, 0.5) is 11.5 Å². The third kappa shape index (κ3) is 4.91. The van der Waals surface area contributed by atoms with E-state index in [0.29, 0.717) is 31.9 Å². The van der Waals surface area contributed by atoms with Crippen molar-refractivity contribution in [2.24, 2.45) is 5.10 Å². The molecule has 8 heteroatoms. The normalized spacial score (nSPS) is 16.8. The topological polar surface area (TPSA) is 87.1 Å². The second kappa shape index (κ2) is 9.26. The highest BCUT2D eigenvalue weighted by Crippen LogP contribution is 2.25. The van der Waals surface area contributed by atoms with Gasteiger partial charge in [0.25, 0.3) is 5.91 Å². The molecule has 0 bridgehead atoms. The van der Waals surface area contributed by atoms with E-state index in [2.05, 4.69) is 20.3 Å². The zero-order chi connectivity index (χ0) is 21.8. The van der Waals surface area contributed by atoms with Gasteiger partial charge in [0.1, 0.15) is 11.5 Å². The number of carbonyl (C=O) groups is 2. The highest BCUT2D eigenvalue weighted by molar-refractivity contribution is 6.40. The summed E-state index contributed by atoms with van der Waals surface area (Å²) in [5.41, 5.74) is 4.02. The van der Waals surface area contributed by atoms with Gasteiger partial charge in [-0.15, -0.1) is 0 Å². The van der Waals surface area contributed by atoms with Crippen molar-refractivity contribution in [2.75, 3.05) is 36.2 Å². The summed E-state index contributed by atoms with van der Waals surface area (Å²) in [4.78, 5) is 31.8. The molecule has 162 valence electrons. The summed E-state index contributed by atoms with van der Waals surface area (Å²) in [5, 5.41) is 8.69. The molecular formula is C23H27N5O3. The number of hydrazone groups is 1. The van der Waals surface area contributed by atoms with Gasteiger partial charge >= 0.3 is 0 Å². The first-order valence-corrected chi connectivity index (χ1v) is 10.5. The Morgan fingerprint density at radius 2 is 1.94 bits per heavy atom. The van der Waals surface area contributed by atoms with E-state index in [1.807, 2.05) is 44.2 Å². The number of ether oxygens (including phenoxy) is 1. The number of aryl methyl sites for hydroxylation is 2. The molecule has 1 aromatic heterocycles. The van der Waals surface area contributed by atoms with Crippen LogP contribution in [0.15, 0.2) is 41.6 Å². The SMILES string of the molecule is Cc1ccc(C)c(N2N=C(C(=O)NCc3ccnc(N4CCOCC4)c3)CCC2=O)c1. The molecule has 2 aliphatic rings. The number of carbonyl (C=O) groups excluding carboxylic acids is 2. The van der Waals surface area contributed by atoms with Crippen molar-refractivity contribution in [3.8, 4) is 0 Å². The zero-order valence-electron chi connectivity index (χ0n) is 17.9. The van der Waals surface area contributed by atoms with Crippen LogP contribution >= 0.6 is 0 Å². The molecule has 2 aromatic rings. The van der Waals surface area contributed by atoms with Crippen LogP contribution in [0.5, 0.6) is 0 Å². The molecule has 1 aromatic carbocycles. The Kier molecular flexibility index (Phi) is 6.27. The first kappa shape index (κ1) is 21.0. The predicted octanol–water partition coefficient (Wildman–Crippen LogP) is 2.33. The average molecular weight is 422 g/mol.